The molecule has 0 bridgehead atoms. The lowest BCUT2D eigenvalue weighted by atomic mass is 10.0. The molecule has 1 aromatic heterocycles. The van der Waals surface area contributed by atoms with Crippen molar-refractivity contribution in [3.05, 3.63) is 47.8 Å². The van der Waals surface area contributed by atoms with Crippen molar-refractivity contribution >= 4 is 11.8 Å². The van der Waals surface area contributed by atoms with Gasteiger partial charge in [0, 0.05) is 37.5 Å². The van der Waals surface area contributed by atoms with Gasteiger partial charge in [0.05, 0.1) is 11.7 Å². The fraction of sp³-hybridized carbons (Fsp3) is 0.556. The van der Waals surface area contributed by atoms with Crippen LogP contribution in [0.2, 0.25) is 0 Å². The van der Waals surface area contributed by atoms with Crippen molar-refractivity contribution in [3.63, 3.8) is 0 Å². The molecule has 0 aliphatic carbocycles. The van der Waals surface area contributed by atoms with Gasteiger partial charge in [-0.05, 0) is 30.6 Å². The van der Waals surface area contributed by atoms with Crippen molar-refractivity contribution in [3.8, 4) is 0 Å². The van der Waals surface area contributed by atoms with Crippen LogP contribution in [-0.4, -0.2) is 50.5 Å². The number of hydrogen-bond acceptors (Lipinski definition) is 4. The Morgan fingerprint density at radius 2 is 1.87 bits per heavy atom. The van der Waals surface area contributed by atoms with Gasteiger partial charge in [0.25, 0.3) is 0 Å². The van der Waals surface area contributed by atoms with Crippen LogP contribution in [-0.2, 0) is 6.42 Å². The average molecular weight is 328 g/mol. The molecular weight excluding hydrogens is 304 g/mol. The molecule has 2 saturated heterocycles. The highest BCUT2D eigenvalue weighted by Crippen LogP contribution is 2.28. The molecule has 0 spiro atoms. The fourth-order valence-corrected chi connectivity index (χ4v) is 4.96. The predicted octanol–water partition coefficient (Wildman–Crippen LogP) is 3.01. The highest BCUT2D eigenvalue weighted by molar-refractivity contribution is 7.99. The van der Waals surface area contributed by atoms with Gasteiger partial charge in [-0.15, -0.1) is 5.10 Å². The molecule has 2 fully saturated rings. The Morgan fingerprint density at radius 3 is 2.61 bits per heavy atom. The molecule has 4 nitrogen and oxygen atoms in total. The maximum Gasteiger partial charge on any atom is 0.0870 e. The zero-order chi connectivity index (χ0) is 15.5. The molecule has 2 aromatic rings. The van der Waals surface area contributed by atoms with E-state index in [-0.39, 0.29) is 0 Å². The third-order valence-corrected chi connectivity index (χ3v) is 6.23. The van der Waals surface area contributed by atoms with Gasteiger partial charge >= 0.3 is 0 Å². The summed E-state index contributed by atoms with van der Waals surface area (Å²) in [5, 5.41) is 8.78. The lowest BCUT2D eigenvalue weighted by Gasteiger charge is -2.35. The molecule has 4 rings (SSSR count). The third-order valence-electron chi connectivity index (χ3n) is 5.08. The summed E-state index contributed by atoms with van der Waals surface area (Å²) in [6.45, 7) is 2.42. The molecule has 0 saturated carbocycles. The number of nitrogens with zero attached hydrogens (tertiary/aromatic N) is 4. The first-order valence-electron chi connectivity index (χ1n) is 8.65. The number of hydrogen-bond donors (Lipinski definition) is 0. The van der Waals surface area contributed by atoms with Crippen LogP contribution in [0, 0.1) is 0 Å². The molecule has 3 heterocycles. The van der Waals surface area contributed by atoms with Gasteiger partial charge < -0.3 is 0 Å². The van der Waals surface area contributed by atoms with Crippen molar-refractivity contribution in [1.82, 2.24) is 19.9 Å². The Bertz CT molecular complexity index is 613. The normalized spacial score (nSPS) is 23.4. The summed E-state index contributed by atoms with van der Waals surface area (Å²) in [6, 6.07) is 11.9. The largest absolute Gasteiger partial charge is 0.299 e. The van der Waals surface area contributed by atoms with Crippen LogP contribution in [0.5, 0.6) is 0 Å². The van der Waals surface area contributed by atoms with Crippen molar-refractivity contribution in [2.45, 2.75) is 37.8 Å². The average Bonchev–Trinajstić information content (AvgIpc) is 3.28. The van der Waals surface area contributed by atoms with Crippen molar-refractivity contribution < 1.29 is 0 Å². The second-order valence-corrected chi connectivity index (χ2v) is 7.79. The first-order chi connectivity index (χ1) is 11.4. The molecule has 5 heteroatoms. The summed E-state index contributed by atoms with van der Waals surface area (Å²) in [7, 11) is 0. The van der Waals surface area contributed by atoms with Gasteiger partial charge in [-0.1, -0.05) is 35.5 Å². The maximum atomic E-state index is 4.40. The van der Waals surface area contributed by atoms with Crippen molar-refractivity contribution in [2.75, 3.05) is 24.6 Å². The summed E-state index contributed by atoms with van der Waals surface area (Å²) in [4.78, 5) is 2.69. The van der Waals surface area contributed by atoms with Crippen LogP contribution >= 0.6 is 11.8 Å². The highest BCUT2D eigenvalue weighted by atomic mass is 32.2. The number of piperidine rings is 1. The standard InChI is InChI=1S/C18H24N4S/c1-2-4-15(5-3-1)12-16-13-22(20-19-16)17-6-9-21(10-7-17)18-8-11-23-14-18/h1-5,13,17-18H,6-12,14H2. The molecule has 0 N–H and O–H groups in total. The van der Waals surface area contributed by atoms with Crippen LogP contribution in [0.3, 0.4) is 0 Å². The SMILES string of the molecule is c1ccc(Cc2cn(C3CCN(C4CCSC4)CC3)nn2)cc1. The van der Waals surface area contributed by atoms with E-state index in [4.69, 9.17) is 0 Å². The second kappa shape index (κ2) is 7.05. The lowest BCUT2D eigenvalue weighted by molar-refractivity contribution is 0.141. The van der Waals surface area contributed by atoms with Gasteiger partial charge in [-0.25, -0.2) is 4.68 Å². The number of thioether (sulfide) groups is 1. The molecule has 0 radical (unpaired) electrons. The predicted molar refractivity (Wildman–Crippen MR) is 94.8 cm³/mol. The Hall–Kier alpha value is -1.33. The second-order valence-electron chi connectivity index (χ2n) is 6.64. The van der Waals surface area contributed by atoms with E-state index in [9.17, 15) is 0 Å². The molecule has 0 amide bonds. The Labute approximate surface area is 142 Å². The number of likely N-dealkylation sites (tertiary alicyclic amines) is 1. The molecule has 1 unspecified atom stereocenters. The van der Waals surface area contributed by atoms with Gasteiger partial charge in [0.1, 0.15) is 0 Å². The van der Waals surface area contributed by atoms with E-state index in [0.717, 1.165) is 18.2 Å². The van der Waals surface area contributed by atoms with E-state index in [1.165, 1.54) is 49.4 Å². The summed E-state index contributed by atoms with van der Waals surface area (Å²) >= 11 is 2.11. The zero-order valence-corrected chi connectivity index (χ0v) is 14.3. The Balaban J connectivity index is 1.34. The molecular formula is C18H24N4S. The summed E-state index contributed by atoms with van der Waals surface area (Å²) in [6.07, 6.45) is 6.81. The van der Waals surface area contributed by atoms with Gasteiger partial charge in [-0.3, -0.25) is 4.90 Å². The van der Waals surface area contributed by atoms with Gasteiger partial charge in [-0.2, -0.15) is 11.8 Å². The molecule has 2 aliphatic heterocycles. The maximum absolute atomic E-state index is 4.40. The van der Waals surface area contributed by atoms with Crippen molar-refractivity contribution in [1.29, 1.82) is 0 Å². The first-order valence-corrected chi connectivity index (χ1v) is 9.80. The van der Waals surface area contributed by atoms with Crippen LogP contribution in [0.1, 0.15) is 36.6 Å². The van der Waals surface area contributed by atoms with Crippen LogP contribution < -0.4 is 0 Å². The highest BCUT2D eigenvalue weighted by Gasteiger charge is 2.28. The lowest BCUT2D eigenvalue weighted by Crippen LogP contribution is -2.42. The summed E-state index contributed by atoms with van der Waals surface area (Å²) in [5.41, 5.74) is 2.37. The van der Waals surface area contributed by atoms with Crippen molar-refractivity contribution in [2.24, 2.45) is 0 Å². The molecule has 122 valence electrons. The monoisotopic (exact) mass is 328 g/mol. The Kier molecular flexibility index (Phi) is 4.67. The molecule has 1 atom stereocenters. The van der Waals surface area contributed by atoms with E-state index in [2.05, 4.69) is 68.2 Å². The van der Waals surface area contributed by atoms with Crippen LogP contribution in [0.15, 0.2) is 36.5 Å². The molecule has 2 aliphatic rings. The quantitative estimate of drug-likeness (QED) is 0.864. The van der Waals surface area contributed by atoms with Gasteiger partial charge in [0.2, 0.25) is 0 Å². The number of aromatic nitrogens is 3. The number of benzene rings is 1. The van der Waals surface area contributed by atoms with Crippen LogP contribution in [0.25, 0.3) is 0 Å². The van der Waals surface area contributed by atoms with E-state index < -0.39 is 0 Å². The minimum Gasteiger partial charge on any atom is -0.299 e. The van der Waals surface area contributed by atoms with E-state index in [0.29, 0.717) is 6.04 Å². The minimum absolute atomic E-state index is 0.525. The third kappa shape index (κ3) is 3.61. The zero-order valence-electron chi connectivity index (χ0n) is 13.5. The Morgan fingerprint density at radius 1 is 1.04 bits per heavy atom. The van der Waals surface area contributed by atoms with Crippen LogP contribution in [0.4, 0.5) is 0 Å². The fourth-order valence-electron chi connectivity index (χ4n) is 3.70. The topological polar surface area (TPSA) is 34.0 Å². The minimum atomic E-state index is 0.525. The van der Waals surface area contributed by atoms with Gasteiger partial charge in [0.15, 0.2) is 0 Å². The summed E-state index contributed by atoms with van der Waals surface area (Å²) in [5.74, 6) is 2.67. The van der Waals surface area contributed by atoms with E-state index in [1.807, 2.05) is 0 Å². The molecule has 1 aromatic carbocycles. The smallest absolute Gasteiger partial charge is 0.0870 e. The summed E-state index contributed by atoms with van der Waals surface area (Å²) < 4.78 is 2.11. The van der Waals surface area contributed by atoms with E-state index in [1.54, 1.807) is 0 Å². The number of rotatable bonds is 4. The van der Waals surface area contributed by atoms with E-state index >= 15 is 0 Å². The first kappa shape index (κ1) is 15.2. The molecule has 23 heavy (non-hydrogen) atoms.